The summed E-state index contributed by atoms with van der Waals surface area (Å²) in [4.78, 5) is 11.6. The average molecular weight is 215 g/mol. The van der Waals surface area contributed by atoms with Gasteiger partial charge in [0.05, 0.1) is 24.2 Å². The lowest BCUT2D eigenvalue weighted by Crippen LogP contribution is -2.15. The molecule has 2 rings (SSSR count). The van der Waals surface area contributed by atoms with E-state index in [0.717, 1.165) is 24.0 Å². The summed E-state index contributed by atoms with van der Waals surface area (Å²) in [5, 5.41) is 9.19. The molecular formula is C13H13NO2. The number of carbonyl (C=O) groups is 1. The Balaban J connectivity index is 2.58. The number of hydrogen-bond acceptors (Lipinski definition) is 3. The summed E-state index contributed by atoms with van der Waals surface area (Å²) in [6.07, 6.45) is 1.54. The Labute approximate surface area is 94.6 Å². The summed E-state index contributed by atoms with van der Waals surface area (Å²) in [5.41, 5.74) is 2.08. The van der Waals surface area contributed by atoms with Gasteiger partial charge in [-0.15, -0.1) is 0 Å². The van der Waals surface area contributed by atoms with Crippen molar-refractivity contribution in [3.63, 3.8) is 0 Å². The molecule has 0 heterocycles. The second kappa shape index (κ2) is 3.64. The van der Waals surface area contributed by atoms with Crippen LogP contribution in [0.3, 0.4) is 0 Å². The van der Waals surface area contributed by atoms with Crippen LogP contribution in [0.2, 0.25) is 0 Å². The van der Waals surface area contributed by atoms with Crippen LogP contribution in [0.15, 0.2) is 18.2 Å². The molecule has 0 fully saturated rings. The quantitative estimate of drug-likeness (QED) is 0.675. The van der Waals surface area contributed by atoms with Crippen LogP contribution in [0.1, 0.15) is 34.8 Å². The second-order valence-electron chi connectivity index (χ2n) is 4.27. The normalized spacial score (nSPS) is 22.3. The van der Waals surface area contributed by atoms with Gasteiger partial charge >= 0.3 is 5.97 Å². The predicted molar refractivity (Wildman–Crippen MR) is 59.1 cm³/mol. The molecule has 1 aliphatic rings. The van der Waals surface area contributed by atoms with Gasteiger partial charge in [-0.3, -0.25) is 0 Å². The number of fused-ring (bicyclic) bond motifs is 1. The Morgan fingerprint density at radius 3 is 2.94 bits per heavy atom. The summed E-state index contributed by atoms with van der Waals surface area (Å²) >= 11 is 0. The van der Waals surface area contributed by atoms with E-state index in [1.54, 1.807) is 6.07 Å². The molecule has 1 aliphatic carbocycles. The van der Waals surface area contributed by atoms with E-state index in [1.807, 2.05) is 19.1 Å². The molecule has 0 aromatic heterocycles. The number of ether oxygens (including phenoxy) is 1. The van der Waals surface area contributed by atoms with E-state index < -0.39 is 5.41 Å². The van der Waals surface area contributed by atoms with Gasteiger partial charge in [0.15, 0.2) is 0 Å². The number of benzene rings is 1. The van der Waals surface area contributed by atoms with E-state index in [1.165, 1.54) is 7.11 Å². The van der Waals surface area contributed by atoms with Crippen molar-refractivity contribution in [1.82, 2.24) is 0 Å². The molecule has 0 saturated heterocycles. The lowest BCUT2D eigenvalue weighted by molar-refractivity contribution is 0.0599. The monoisotopic (exact) mass is 215 g/mol. The van der Waals surface area contributed by atoms with Crippen LogP contribution in [0.25, 0.3) is 0 Å². The lowest BCUT2D eigenvalue weighted by atomic mass is 9.85. The van der Waals surface area contributed by atoms with Gasteiger partial charge in [0.25, 0.3) is 0 Å². The summed E-state index contributed by atoms with van der Waals surface area (Å²) in [6.45, 7) is 1.92. The van der Waals surface area contributed by atoms with Gasteiger partial charge in [0, 0.05) is 0 Å². The van der Waals surface area contributed by atoms with Gasteiger partial charge < -0.3 is 4.74 Å². The summed E-state index contributed by atoms with van der Waals surface area (Å²) in [7, 11) is 1.38. The number of nitriles is 1. The minimum atomic E-state index is -0.459. The standard InChI is InChI=1S/C13H13NO2/c1-13(8-14)7-6-9-10(12(15)16-2)4-3-5-11(9)13/h3-5H,6-7H2,1-2H3. The van der Waals surface area contributed by atoms with Crippen molar-refractivity contribution in [1.29, 1.82) is 5.26 Å². The molecule has 0 spiro atoms. The molecule has 16 heavy (non-hydrogen) atoms. The Kier molecular flexibility index (Phi) is 2.43. The van der Waals surface area contributed by atoms with Crippen molar-refractivity contribution in [3.8, 4) is 6.07 Å². The highest BCUT2D eigenvalue weighted by Gasteiger charge is 2.36. The van der Waals surface area contributed by atoms with Gasteiger partial charge in [-0.1, -0.05) is 12.1 Å². The SMILES string of the molecule is COC(=O)c1cccc2c1CCC2(C)C#N. The van der Waals surface area contributed by atoms with E-state index in [-0.39, 0.29) is 5.97 Å². The highest BCUT2D eigenvalue weighted by molar-refractivity contribution is 5.91. The van der Waals surface area contributed by atoms with E-state index in [2.05, 4.69) is 6.07 Å². The van der Waals surface area contributed by atoms with E-state index in [4.69, 9.17) is 4.74 Å². The number of esters is 1. The molecule has 1 aromatic rings. The third kappa shape index (κ3) is 1.38. The Hall–Kier alpha value is -1.82. The van der Waals surface area contributed by atoms with Crippen molar-refractivity contribution in [2.24, 2.45) is 0 Å². The third-order valence-corrected chi connectivity index (χ3v) is 3.30. The molecule has 0 aliphatic heterocycles. The minimum Gasteiger partial charge on any atom is -0.465 e. The topological polar surface area (TPSA) is 50.1 Å². The van der Waals surface area contributed by atoms with Crippen LogP contribution >= 0.6 is 0 Å². The first-order chi connectivity index (χ1) is 7.62. The van der Waals surface area contributed by atoms with E-state index in [0.29, 0.717) is 5.56 Å². The van der Waals surface area contributed by atoms with Gasteiger partial charge in [-0.25, -0.2) is 4.79 Å². The first-order valence-corrected chi connectivity index (χ1v) is 5.24. The summed E-state index contributed by atoms with van der Waals surface area (Å²) < 4.78 is 4.74. The number of hydrogen-bond donors (Lipinski definition) is 0. The van der Waals surface area contributed by atoms with Crippen LogP contribution in [0.5, 0.6) is 0 Å². The Bertz CT molecular complexity index is 487. The fraction of sp³-hybridized carbons (Fsp3) is 0.385. The smallest absolute Gasteiger partial charge is 0.338 e. The fourth-order valence-corrected chi connectivity index (χ4v) is 2.30. The lowest BCUT2D eigenvalue weighted by Gasteiger charge is -2.15. The minimum absolute atomic E-state index is 0.320. The molecule has 0 amide bonds. The molecular weight excluding hydrogens is 202 g/mol. The van der Waals surface area contributed by atoms with Crippen molar-refractivity contribution in [2.45, 2.75) is 25.2 Å². The molecule has 3 heteroatoms. The molecule has 1 atom stereocenters. The maximum atomic E-state index is 11.6. The highest BCUT2D eigenvalue weighted by atomic mass is 16.5. The number of methoxy groups -OCH3 is 1. The average Bonchev–Trinajstić information content (AvgIpc) is 2.67. The molecule has 1 unspecified atom stereocenters. The van der Waals surface area contributed by atoms with Gasteiger partial charge in [0.1, 0.15) is 0 Å². The van der Waals surface area contributed by atoms with Crippen LogP contribution in [-0.4, -0.2) is 13.1 Å². The third-order valence-electron chi connectivity index (χ3n) is 3.30. The van der Waals surface area contributed by atoms with Crippen molar-refractivity contribution >= 4 is 5.97 Å². The van der Waals surface area contributed by atoms with Crippen LogP contribution in [0, 0.1) is 11.3 Å². The number of carbonyl (C=O) groups excluding carboxylic acids is 1. The zero-order valence-corrected chi connectivity index (χ0v) is 9.41. The van der Waals surface area contributed by atoms with Gasteiger partial charge in [-0.05, 0) is 37.0 Å². The molecule has 1 aromatic carbocycles. The summed E-state index contributed by atoms with van der Waals surface area (Å²) in [6, 6.07) is 7.83. The van der Waals surface area contributed by atoms with Crippen molar-refractivity contribution in [2.75, 3.05) is 7.11 Å². The van der Waals surface area contributed by atoms with Crippen LogP contribution in [0.4, 0.5) is 0 Å². The number of rotatable bonds is 1. The van der Waals surface area contributed by atoms with Crippen molar-refractivity contribution < 1.29 is 9.53 Å². The van der Waals surface area contributed by atoms with Gasteiger partial charge in [0.2, 0.25) is 0 Å². The molecule has 0 bridgehead atoms. The maximum Gasteiger partial charge on any atom is 0.338 e. The summed E-state index contributed by atoms with van der Waals surface area (Å²) in [5.74, 6) is -0.320. The van der Waals surface area contributed by atoms with Crippen molar-refractivity contribution in [3.05, 3.63) is 34.9 Å². The first kappa shape index (κ1) is 10.7. The van der Waals surface area contributed by atoms with Gasteiger partial charge in [-0.2, -0.15) is 5.26 Å². The maximum absolute atomic E-state index is 11.6. The Morgan fingerprint density at radius 1 is 1.56 bits per heavy atom. The molecule has 82 valence electrons. The van der Waals surface area contributed by atoms with E-state index >= 15 is 0 Å². The second-order valence-corrected chi connectivity index (χ2v) is 4.27. The molecule has 3 nitrogen and oxygen atoms in total. The molecule has 0 N–H and O–H groups in total. The van der Waals surface area contributed by atoms with E-state index in [9.17, 15) is 10.1 Å². The highest BCUT2D eigenvalue weighted by Crippen LogP contribution is 2.39. The van der Waals surface area contributed by atoms with Crippen LogP contribution < -0.4 is 0 Å². The molecule has 0 radical (unpaired) electrons. The zero-order valence-electron chi connectivity index (χ0n) is 9.41. The Morgan fingerprint density at radius 2 is 2.31 bits per heavy atom. The number of nitrogens with zero attached hydrogens (tertiary/aromatic N) is 1. The first-order valence-electron chi connectivity index (χ1n) is 5.24. The molecule has 0 saturated carbocycles. The fourth-order valence-electron chi connectivity index (χ4n) is 2.30. The zero-order chi connectivity index (χ0) is 11.8. The van der Waals surface area contributed by atoms with Crippen LogP contribution in [-0.2, 0) is 16.6 Å². The largest absolute Gasteiger partial charge is 0.465 e. The predicted octanol–water partition coefficient (Wildman–Crippen LogP) is 2.20.